The molecule has 33 heavy (non-hydrogen) atoms. The van der Waals surface area contributed by atoms with E-state index in [0.717, 1.165) is 0 Å². The molecule has 4 aromatic carbocycles. The molecule has 5 heteroatoms. The fourth-order valence-corrected chi connectivity index (χ4v) is 5.98. The standard InChI is InChI=1S/2C13H13P.2CO.Ni/c2*1-14(12-8-4-2-5-9-12)13-10-6-3-7-11-13;2*1-2;/h2*2-11H,1H3;;;. The molecule has 0 N–H and O–H groups in total. The predicted molar refractivity (Wildman–Crippen MR) is 141 cm³/mol. The third-order valence-electron chi connectivity index (χ3n) is 4.57. The molecule has 0 atom stereocenters. The van der Waals surface area contributed by atoms with E-state index in [1.807, 2.05) is 0 Å². The minimum atomic E-state index is -0.171. The zero-order chi connectivity index (χ0) is 23.6. The monoisotopic (exact) mass is 514 g/mol. The fraction of sp³-hybridized carbons (Fsp3) is 0.0714. The molecule has 0 aliphatic carbocycles. The summed E-state index contributed by atoms with van der Waals surface area (Å²) in [6.45, 7) is 13.6. The summed E-state index contributed by atoms with van der Waals surface area (Å²) in [6.07, 6.45) is 0. The Morgan fingerprint density at radius 3 is 0.697 bits per heavy atom. The number of carbonyl (C=O) groups excluding carboxylic acids is 2. The van der Waals surface area contributed by atoms with Gasteiger partial charge in [0.15, 0.2) is 0 Å². The van der Waals surface area contributed by atoms with E-state index >= 15 is 0 Å². The summed E-state index contributed by atoms with van der Waals surface area (Å²) in [5.41, 5.74) is 0. The molecule has 0 aliphatic rings. The van der Waals surface area contributed by atoms with Gasteiger partial charge in [0.2, 0.25) is 0 Å². The Morgan fingerprint density at radius 1 is 0.394 bits per heavy atom. The Bertz CT molecular complexity index is 810. The first kappa shape index (κ1) is 30.6. The van der Waals surface area contributed by atoms with E-state index in [9.17, 15) is 0 Å². The largest absolute Gasteiger partial charge is 0.281 e. The average Bonchev–Trinajstić information content (AvgIpc) is 2.92. The van der Waals surface area contributed by atoms with Crippen molar-refractivity contribution in [3.8, 4) is 0 Å². The molecular weight excluding hydrogens is 489 g/mol. The van der Waals surface area contributed by atoms with E-state index in [2.05, 4.69) is 148 Å². The van der Waals surface area contributed by atoms with Gasteiger partial charge in [-0.15, -0.1) is 0 Å². The first-order chi connectivity index (χ1) is 15.8. The van der Waals surface area contributed by atoms with Gasteiger partial charge < -0.3 is 0 Å². The van der Waals surface area contributed by atoms with Crippen molar-refractivity contribution in [3.63, 3.8) is 0 Å². The van der Waals surface area contributed by atoms with Crippen molar-refractivity contribution >= 4 is 50.6 Å². The summed E-state index contributed by atoms with van der Waals surface area (Å²) < 4.78 is 0. The average molecular weight is 515 g/mol. The van der Waals surface area contributed by atoms with Crippen molar-refractivity contribution in [1.29, 1.82) is 0 Å². The van der Waals surface area contributed by atoms with Gasteiger partial charge in [0, 0.05) is 16.5 Å². The maximum Gasteiger partial charge on any atom is 0.281 e. The first-order valence-corrected chi connectivity index (χ1v) is 13.4. The van der Waals surface area contributed by atoms with Crippen LogP contribution in [0.25, 0.3) is 0 Å². The maximum atomic E-state index is 7.50. The topological polar surface area (TPSA) is 34.1 Å². The van der Waals surface area contributed by atoms with Crippen LogP contribution in [0.5, 0.6) is 0 Å². The van der Waals surface area contributed by atoms with Crippen LogP contribution in [0.4, 0.5) is 0 Å². The van der Waals surface area contributed by atoms with Crippen LogP contribution in [-0.2, 0) is 26.1 Å². The van der Waals surface area contributed by atoms with E-state index in [4.69, 9.17) is 9.59 Å². The van der Waals surface area contributed by atoms with Crippen LogP contribution in [0.15, 0.2) is 121 Å². The molecule has 0 bridgehead atoms. The van der Waals surface area contributed by atoms with Crippen LogP contribution in [0.3, 0.4) is 0 Å². The molecule has 0 amide bonds. The zero-order valence-corrected chi connectivity index (χ0v) is 21.4. The van der Waals surface area contributed by atoms with Gasteiger partial charge >= 0.3 is 0 Å². The first-order valence-electron chi connectivity index (χ1n) is 9.84. The molecule has 0 spiro atoms. The summed E-state index contributed by atoms with van der Waals surface area (Å²) in [4.78, 5) is 15.0. The second-order valence-electron chi connectivity index (χ2n) is 6.46. The number of rotatable bonds is 4. The summed E-state index contributed by atoms with van der Waals surface area (Å²) in [5, 5.41) is 5.75. The molecule has 0 aromatic heterocycles. The van der Waals surface area contributed by atoms with E-state index in [1.54, 1.807) is 0 Å². The molecule has 0 heterocycles. The van der Waals surface area contributed by atoms with Gasteiger partial charge in [-0.2, -0.15) is 0 Å². The normalized spacial score (nSPS) is 9.09. The quantitative estimate of drug-likeness (QED) is 0.292. The van der Waals surface area contributed by atoms with Gasteiger partial charge in [0.1, 0.15) is 0 Å². The molecule has 0 fully saturated rings. The minimum absolute atomic E-state index is 0. The fourth-order valence-electron chi connectivity index (χ4n) is 2.90. The Morgan fingerprint density at radius 2 is 0.545 bits per heavy atom. The van der Waals surface area contributed by atoms with Crippen LogP contribution in [0, 0.1) is 0 Å². The number of benzene rings is 4. The number of hydrogen-bond acceptors (Lipinski definition) is 2. The van der Waals surface area contributed by atoms with Gasteiger partial charge in [0.25, 0.3) is 13.6 Å². The van der Waals surface area contributed by atoms with Crippen molar-refractivity contribution < 1.29 is 26.1 Å². The molecule has 0 saturated heterocycles. The van der Waals surface area contributed by atoms with Crippen molar-refractivity contribution in [1.82, 2.24) is 0 Å². The van der Waals surface area contributed by atoms with Gasteiger partial charge in [0.05, 0.1) is 0 Å². The van der Waals surface area contributed by atoms with E-state index in [1.165, 1.54) is 21.2 Å². The Balaban J connectivity index is 0.000000526. The smallest absolute Gasteiger partial charge is 0.281 e. The third kappa shape index (κ3) is 10.8. The van der Waals surface area contributed by atoms with E-state index < -0.39 is 0 Å². The third-order valence-corrected chi connectivity index (χ3v) is 8.86. The molecule has 4 radical (unpaired) electrons. The summed E-state index contributed by atoms with van der Waals surface area (Å²) in [7, 11) is -0.342. The Hall–Kier alpha value is -2.43. The molecule has 4 rings (SSSR count). The molecule has 0 saturated carbocycles. The molecule has 0 unspecified atom stereocenters. The SMILES string of the molecule is CP(c1ccccc1)c1ccccc1.CP(c1ccccc1)c1ccccc1.[C]=O.[C]=O.[Ni]. The van der Waals surface area contributed by atoms with Gasteiger partial charge in [-0.05, 0) is 50.4 Å². The Kier molecular flexibility index (Phi) is 17.7. The second kappa shape index (κ2) is 19.1. The summed E-state index contributed by atoms with van der Waals surface area (Å²) in [5.74, 6) is 0. The van der Waals surface area contributed by atoms with Gasteiger partial charge in [-0.1, -0.05) is 121 Å². The van der Waals surface area contributed by atoms with E-state index in [0.29, 0.717) is 0 Å². The number of hydrogen-bond donors (Lipinski definition) is 0. The summed E-state index contributed by atoms with van der Waals surface area (Å²) in [6, 6.07) is 42.8. The van der Waals surface area contributed by atoms with Crippen molar-refractivity contribution in [2.75, 3.05) is 13.3 Å². The molecule has 4 aromatic rings. The van der Waals surface area contributed by atoms with Crippen LogP contribution in [0.1, 0.15) is 0 Å². The van der Waals surface area contributed by atoms with E-state index in [-0.39, 0.29) is 32.3 Å². The van der Waals surface area contributed by atoms with Crippen LogP contribution in [0.2, 0.25) is 0 Å². The molecular formula is C28H26NiO2P2. The van der Waals surface area contributed by atoms with Crippen LogP contribution < -0.4 is 21.2 Å². The predicted octanol–water partition coefficient (Wildman–Crippen LogP) is 4.70. The molecule has 170 valence electrons. The zero-order valence-electron chi connectivity index (χ0n) is 18.6. The van der Waals surface area contributed by atoms with Crippen LogP contribution >= 0.6 is 15.8 Å². The minimum Gasteiger partial charge on any atom is -0.281 e. The van der Waals surface area contributed by atoms with Gasteiger partial charge in [-0.3, -0.25) is 9.59 Å². The maximum absolute atomic E-state index is 7.50. The van der Waals surface area contributed by atoms with Crippen molar-refractivity contribution in [2.24, 2.45) is 0 Å². The van der Waals surface area contributed by atoms with Crippen molar-refractivity contribution in [3.05, 3.63) is 121 Å². The van der Waals surface area contributed by atoms with Crippen molar-refractivity contribution in [2.45, 2.75) is 0 Å². The Labute approximate surface area is 210 Å². The summed E-state index contributed by atoms with van der Waals surface area (Å²) >= 11 is 0. The molecule has 0 aliphatic heterocycles. The second-order valence-corrected chi connectivity index (χ2v) is 10.8. The molecule has 2 nitrogen and oxygen atoms in total. The van der Waals surface area contributed by atoms with Crippen LogP contribution in [-0.4, -0.2) is 26.9 Å². The van der Waals surface area contributed by atoms with Gasteiger partial charge in [-0.25, -0.2) is 0 Å².